The number of ether oxygens (including phenoxy) is 4. The predicted octanol–water partition coefficient (Wildman–Crippen LogP) is 4.62. The minimum absolute atomic E-state index is 0.139. The van der Waals surface area contributed by atoms with Gasteiger partial charge in [0.25, 0.3) is 0 Å². The van der Waals surface area contributed by atoms with E-state index in [9.17, 15) is 14.7 Å². The first-order chi connectivity index (χ1) is 15.9. The SMILES string of the molecule is COc1ccc(-c2c(C(=O)O)sc3c2NC(=O)C[C@H]3c2ccc(OC)c(OC)c2OC)cc1. The summed E-state index contributed by atoms with van der Waals surface area (Å²) in [5.41, 5.74) is 2.36. The lowest BCUT2D eigenvalue weighted by Crippen LogP contribution is -2.23. The molecule has 0 saturated heterocycles. The van der Waals surface area contributed by atoms with E-state index in [1.807, 2.05) is 6.07 Å². The Bertz CT molecular complexity index is 1220. The molecule has 9 heteroatoms. The third-order valence-corrected chi connectivity index (χ3v) is 6.88. The molecule has 0 aliphatic carbocycles. The van der Waals surface area contributed by atoms with Crippen molar-refractivity contribution in [1.82, 2.24) is 0 Å². The number of carboxylic acids is 1. The van der Waals surface area contributed by atoms with E-state index in [1.54, 1.807) is 37.4 Å². The number of benzene rings is 2. The van der Waals surface area contributed by atoms with Gasteiger partial charge in [0, 0.05) is 28.3 Å². The van der Waals surface area contributed by atoms with Crippen molar-refractivity contribution in [2.45, 2.75) is 12.3 Å². The fraction of sp³-hybridized carbons (Fsp3) is 0.250. The van der Waals surface area contributed by atoms with Crippen LogP contribution >= 0.6 is 11.3 Å². The van der Waals surface area contributed by atoms with Crippen LogP contribution in [0.15, 0.2) is 36.4 Å². The number of aromatic carboxylic acids is 1. The van der Waals surface area contributed by atoms with Gasteiger partial charge in [-0.15, -0.1) is 11.3 Å². The highest BCUT2D eigenvalue weighted by Gasteiger charge is 2.36. The summed E-state index contributed by atoms with van der Waals surface area (Å²) in [6, 6.07) is 10.6. The Morgan fingerprint density at radius 3 is 2.24 bits per heavy atom. The third kappa shape index (κ3) is 3.84. The molecule has 2 heterocycles. The predicted molar refractivity (Wildman–Crippen MR) is 124 cm³/mol. The van der Waals surface area contributed by atoms with Gasteiger partial charge in [-0.05, 0) is 23.8 Å². The van der Waals surface area contributed by atoms with Gasteiger partial charge in [0.2, 0.25) is 11.7 Å². The van der Waals surface area contributed by atoms with Crippen LogP contribution < -0.4 is 24.3 Å². The van der Waals surface area contributed by atoms with E-state index in [0.29, 0.717) is 45.4 Å². The Labute approximate surface area is 194 Å². The molecule has 1 atom stereocenters. The first kappa shape index (κ1) is 22.5. The molecule has 33 heavy (non-hydrogen) atoms. The third-order valence-electron chi connectivity index (χ3n) is 5.59. The zero-order valence-corrected chi connectivity index (χ0v) is 19.4. The van der Waals surface area contributed by atoms with Crippen molar-refractivity contribution in [2.75, 3.05) is 33.8 Å². The highest BCUT2D eigenvalue weighted by molar-refractivity contribution is 7.15. The van der Waals surface area contributed by atoms with Crippen LogP contribution in [0.1, 0.15) is 32.5 Å². The van der Waals surface area contributed by atoms with E-state index in [2.05, 4.69) is 5.32 Å². The van der Waals surface area contributed by atoms with Crippen molar-refractivity contribution in [1.29, 1.82) is 0 Å². The number of carboxylic acid groups (broad SMARTS) is 1. The van der Waals surface area contributed by atoms with Crippen molar-refractivity contribution in [2.24, 2.45) is 0 Å². The minimum atomic E-state index is -1.06. The molecule has 0 spiro atoms. The zero-order valence-electron chi connectivity index (χ0n) is 18.6. The largest absolute Gasteiger partial charge is 0.497 e. The molecular formula is C24H23NO7S. The number of amides is 1. The molecule has 1 aliphatic heterocycles. The summed E-state index contributed by atoms with van der Waals surface area (Å²) < 4.78 is 21.7. The number of carbonyl (C=O) groups excluding carboxylic acids is 1. The van der Waals surface area contributed by atoms with Gasteiger partial charge in [-0.3, -0.25) is 4.79 Å². The summed E-state index contributed by atoms with van der Waals surface area (Å²) in [5.74, 6) is 0.306. The molecule has 3 aromatic rings. The van der Waals surface area contributed by atoms with Crippen molar-refractivity contribution in [3.8, 4) is 34.1 Å². The second kappa shape index (κ2) is 9.03. The number of rotatable bonds is 7. The number of hydrogen-bond donors (Lipinski definition) is 2. The lowest BCUT2D eigenvalue weighted by Gasteiger charge is -2.26. The second-order valence-electron chi connectivity index (χ2n) is 7.31. The van der Waals surface area contributed by atoms with Crippen LogP contribution in [0.2, 0.25) is 0 Å². The van der Waals surface area contributed by atoms with Gasteiger partial charge in [-0.2, -0.15) is 0 Å². The molecule has 172 valence electrons. The Balaban J connectivity index is 1.94. The fourth-order valence-electron chi connectivity index (χ4n) is 4.12. The Kier molecular flexibility index (Phi) is 6.15. The molecule has 4 rings (SSSR count). The molecule has 0 bridgehead atoms. The first-order valence-electron chi connectivity index (χ1n) is 10.1. The van der Waals surface area contributed by atoms with Gasteiger partial charge in [0.1, 0.15) is 10.6 Å². The second-order valence-corrected chi connectivity index (χ2v) is 8.36. The Morgan fingerprint density at radius 1 is 0.970 bits per heavy atom. The van der Waals surface area contributed by atoms with E-state index in [1.165, 1.54) is 21.3 Å². The highest BCUT2D eigenvalue weighted by atomic mass is 32.1. The smallest absolute Gasteiger partial charge is 0.346 e. The molecule has 1 amide bonds. The number of carbonyl (C=O) groups is 2. The number of thiophene rings is 1. The van der Waals surface area contributed by atoms with Crippen LogP contribution in [0, 0.1) is 0 Å². The maximum atomic E-state index is 12.8. The topological polar surface area (TPSA) is 103 Å². The molecule has 2 N–H and O–H groups in total. The number of nitrogens with one attached hydrogen (secondary N) is 1. The van der Waals surface area contributed by atoms with Crippen LogP contribution in [-0.4, -0.2) is 45.4 Å². The molecular weight excluding hydrogens is 446 g/mol. The zero-order chi connectivity index (χ0) is 23.7. The van der Waals surface area contributed by atoms with Gasteiger partial charge < -0.3 is 29.4 Å². The maximum Gasteiger partial charge on any atom is 0.346 e. The average molecular weight is 470 g/mol. The summed E-state index contributed by atoms with van der Waals surface area (Å²) in [5, 5.41) is 12.9. The summed E-state index contributed by atoms with van der Waals surface area (Å²) in [6.45, 7) is 0. The standard InChI is InChI=1S/C24H23NO7S/c1-29-13-7-5-12(6-8-13)18-19-22(33-23(18)24(27)28)15(11-17(26)25-19)14-9-10-16(30-2)21(32-4)20(14)31-3/h5-10,15H,11H2,1-4H3,(H,25,26)(H,27,28)/t15-/m0/s1. The summed E-state index contributed by atoms with van der Waals surface area (Å²) in [4.78, 5) is 25.8. The molecule has 8 nitrogen and oxygen atoms in total. The van der Waals surface area contributed by atoms with Gasteiger partial charge >= 0.3 is 5.97 Å². The van der Waals surface area contributed by atoms with Crippen molar-refractivity contribution >= 4 is 28.9 Å². The molecule has 0 saturated carbocycles. The Morgan fingerprint density at radius 2 is 1.67 bits per heavy atom. The van der Waals surface area contributed by atoms with Gasteiger partial charge in [-0.25, -0.2) is 4.79 Å². The van der Waals surface area contributed by atoms with Crippen LogP contribution in [0.4, 0.5) is 5.69 Å². The molecule has 0 radical (unpaired) electrons. The van der Waals surface area contributed by atoms with Crippen molar-refractivity contribution in [3.05, 3.63) is 51.7 Å². The van der Waals surface area contributed by atoms with Crippen LogP contribution in [0.5, 0.6) is 23.0 Å². The number of fused-ring (bicyclic) bond motifs is 1. The van der Waals surface area contributed by atoms with Crippen LogP contribution in [-0.2, 0) is 4.79 Å². The monoisotopic (exact) mass is 469 g/mol. The quantitative estimate of drug-likeness (QED) is 0.520. The average Bonchev–Trinajstić information content (AvgIpc) is 3.22. The Hall–Kier alpha value is -3.72. The van der Waals surface area contributed by atoms with Crippen LogP contribution in [0.25, 0.3) is 11.1 Å². The van der Waals surface area contributed by atoms with Crippen molar-refractivity contribution < 1.29 is 33.6 Å². The molecule has 1 aliphatic rings. The number of hydrogen-bond acceptors (Lipinski definition) is 7. The number of methoxy groups -OCH3 is 4. The number of anilines is 1. The van der Waals surface area contributed by atoms with Crippen LogP contribution in [0.3, 0.4) is 0 Å². The maximum absolute atomic E-state index is 12.8. The molecule has 0 fully saturated rings. The minimum Gasteiger partial charge on any atom is -0.497 e. The van der Waals surface area contributed by atoms with Gasteiger partial charge in [0.15, 0.2) is 11.5 Å². The highest BCUT2D eigenvalue weighted by Crippen LogP contribution is 2.53. The van der Waals surface area contributed by atoms with Gasteiger partial charge in [0.05, 0.1) is 34.1 Å². The summed E-state index contributed by atoms with van der Waals surface area (Å²) >= 11 is 1.15. The lowest BCUT2D eigenvalue weighted by atomic mass is 9.87. The first-order valence-corrected chi connectivity index (χ1v) is 10.9. The summed E-state index contributed by atoms with van der Waals surface area (Å²) in [7, 11) is 6.12. The van der Waals surface area contributed by atoms with E-state index >= 15 is 0 Å². The lowest BCUT2D eigenvalue weighted by molar-refractivity contribution is -0.116. The fourth-order valence-corrected chi connectivity index (χ4v) is 5.36. The van der Waals surface area contributed by atoms with E-state index < -0.39 is 11.9 Å². The van der Waals surface area contributed by atoms with E-state index in [0.717, 1.165) is 16.2 Å². The van der Waals surface area contributed by atoms with E-state index in [4.69, 9.17) is 18.9 Å². The van der Waals surface area contributed by atoms with E-state index in [-0.39, 0.29) is 17.2 Å². The molecule has 1 aromatic heterocycles. The summed E-state index contributed by atoms with van der Waals surface area (Å²) in [6.07, 6.45) is 0.139. The van der Waals surface area contributed by atoms with Gasteiger partial charge in [-0.1, -0.05) is 18.2 Å². The van der Waals surface area contributed by atoms with Crippen molar-refractivity contribution in [3.63, 3.8) is 0 Å². The molecule has 0 unspecified atom stereocenters. The normalized spacial score (nSPS) is 14.8. The molecule has 2 aromatic carbocycles.